The van der Waals surface area contributed by atoms with E-state index in [4.69, 9.17) is 10.2 Å². The molecule has 0 spiro atoms. The van der Waals surface area contributed by atoms with Crippen molar-refractivity contribution in [3.05, 3.63) is 23.8 Å². The Morgan fingerprint density at radius 2 is 1.78 bits per heavy atom. The molecule has 0 unspecified atom stereocenters. The molecule has 1 atom stereocenters. The number of hydrogen-bond acceptors (Lipinski definition) is 4. The van der Waals surface area contributed by atoms with Gasteiger partial charge < -0.3 is 10.2 Å². The Labute approximate surface area is 111 Å². The fourth-order valence-electron chi connectivity index (χ4n) is 1.35. The average Bonchev–Trinajstić information content (AvgIpc) is 2.25. The molecule has 1 heterocycles. The first-order valence-corrected chi connectivity index (χ1v) is 9.24. The molecule has 0 aliphatic carbocycles. The van der Waals surface area contributed by atoms with Gasteiger partial charge in [0.1, 0.15) is 5.82 Å². The monoisotopic (exact) mass is 267 g/mol. The Morgan fingerprint density at radius 1 is 1.28 bits per heavy atom. The highest BCUT2D eigenvalue weighted by Gasteiger charge is 2.39. The minimum absolute atomic E-state index is 0.105. The molecule has 0 aliphatic rings. The summed E-state index contributed by atoms with van der Waals surface area (Å²) >= 11 is 0. The molecule has 0 saturated carbocycles. The third-order valence-corrected chi connectivity index (χ3v) is 8.12. The van der Waals surface area contributed by atoms with Gasteiger partial charge in [-0.15, -0.1) is 0 Å². The van der Waals surface area contributed by atoms with Gasteiger partial charge in [0.05, 0.1) is 6.10 Å². The number of aromatic nitrogens is 2. The zero-order valence-corrected chi connectivity index (χ0v) is 13.3. The molecule has 0 bridgehead atoms. The van der Waals surface area contributed by atoms with Crippen molar-refractivity contribution in [2.24, 2.45) is 5.73 Å². The normalized spacial score (nSPS) is 14.6. The van der Waals surface area contributed by atoms with E-state index in [2.05, 4.69) is 43.8 Å². The number of nitrogens with zero attached hydrogens (tertiary/aromatic N) is 2. The molecule has 1 aromatic heterocycles. The molecule has 0 aliphatic heterocycles. The van der Waals surface area contributed by atoms with Gasteiger partial charge >= 0.3 is 0 Å². The first kappa shape index (κ1) is 15.3. The lowest BCUT2D eigenvalue weighted by molar-refractivity contribution is 0.190. The summed E-state index contributed by atoms with van der Waals surface area (Å²) in [6.07, 6.45) is 3.52. The van der Waals surface area contributed by atoms with Crippen LogP contribution >= 0.6 is 0 Å². The molecule has 0 amide bonds. The van der Waals surface area contributed by atoms with Crippen molar-refractivity contribution < 1.29 is 4.43 Å². The number of aryl methyl sites for hydroxylation is 1. The minimum atomic E-state index is -1.82. The summed E-state index contributed by atoms with van der Waals surface area (Å²) in [6, 6.07) is 0. The largest absolute Gasteiger partial charge is 0.409 e. The van der Waals surface area contributed by atoms with Gasteiger partial charge in [0, 0.05) is 24.5 Å². The molecular weight excluding hydrogens is 242 g/mol. The van der Waals surface area contributed by atoms with E-state index in [1.54, 1.807) is 0 Å². The highest BCUT2D eigenvalue weighted by Crippen LogP contribution is 2.39. The van der Waals surface area contributed by atoms with Crippen molar-refractivity contribution >= 4 is 8.32 Å². The van der Waals surface area contributed by atoms with Crippen molar-refractivity contribution in [1.29, 1.82) is 0 Å². The molecule has 5 heteroatoms. The Hall–Kier alpha value is -0.783. The molecular formula is C13H25N3OSi. The van der Waals surface area contributed by atoms with Crippen LogP contribution in [0.15, 0.2) is 12.4 Å². The summed E-state index contributed by atoms with van der Waals surface area (Å²) in [7, 11) is -1.82. The van der Waals surface area contributed by atoms with Gasteiger partial charge in [-0.3, -0.25) is 0 Å². The summed E-state index contributed by atoms with van der Waals surface area (Å²) < 4.78 is 6.31. The fraction of sp³-hybridized carbons (Fsp3) is 0.692. The number of rotatable bonds is 4. The molecule has 4 nitrogen and oxygen atoms in total. The van der Waals surface area contributed by atoms with E-state index in [-0.39, 0.29) is 11.1 Å². The maximum atomic E-state index is 6.31. The van der Waals surface area contributed by atoms with Gasteiger partial charge in [0.25, 0.3) is 0 Å². The van der Waals surface area contributed by atoms with Crippen LogP contribution in [0.25, 0.3) is 0 Å². The van der Waals surface area contributed by atoms with E-state index in [0.29, 0.717) is 6.54 Å². The molecule has 0 aromatic carbocycles. The Balaban J connectivity index is 2.89. The van der Waals surface area contributed by atoms with Crippen molar-refractivity contribution in [2.75, 3.05) is 6.54 Å². The van der Waals surface area contributed by atoms with Gasteiger partial charge in [-0.2, -0.15) is 0 Å². The zero-order chi connectivity index (χ0) is 14.0. The third kappa shape index (κ3) is 3.60. The zero-order valence-electron chi connectivity index (χ0n) is 12.3. The van der Waals surface area contributed by atoms with Crippen molar-refractivity contribution in [3.63, 3.8) is 0 Å². The number of nitrogens with two attached hydrogens (primary N) is 1. The van der Waals surface area contributed by atoms with E-state index >= 15 is 0 Å². The molecule has 1 aromatic rings. The second-order valence-electron chi connectivity index (χ2n) is 6.17. The van der Waals surface area contributed by atoms with Crippen LogP contribution in [0.3, 0.4) is 0 Å². The van der Waals surface area contributed by atoms with Crippen LogP contribution in [0.2, 0.25) is 18.1 Å². The maximum Gasteiger partial charge on any atom is 0.192 e. The SMILES string of the molecule is Cc1ncc([C@@H](CN)O[Si](C)(C)C(C)(C)C)cn1. The van der Waals surface area contributed by atoms with Crippen LogP contribution in [0.5, 0.6) is 0 Å². The van der Waals surface area contributed by atoms with E-state index in [0.717, 1.165) is 11.4 Å². The predicted octanol–water partition coefficient (Wildman–Crippen LogP) is 2.81. The summed E-state index contributed by atoms with van der Waals surface area (Å²) in [5.74, 6) is 0.766. The Bertz CT molecular complexity index is 384. The molecule has 18 heavy (non-hydrogen) atoms. The van der Waals surface area contributed by atoms with Crippen molar-refractivity contribution in [2.45, 2.75) is 51.9 Å². The Morgan fingerprint density at radius 3 is 2.17 bits per heavy atom. The van der Waals surface area contributed by atoms with Gasteiger partial charge in [-0.25, -0.2) is 9.97 Å². The quantitative estimate of drug-likeness (QED) is 0.852. The fourth-order valence-corrected chi connectivity index (χ4v) is 2.65. The molecule has 0 radical (unpaired) electrons. The average molecular weight is 267 g/mol. The van der Waals surface area contributed by atoms with Gasteiger partial charge in [-0.05, 0) is 25.1 Å². The summed E-state index contributed by atoms with van der Waals surface area (Å²) in [6.45, 7) is 13.4. The first-order valence-electron chi connectivity index (χ1n) is 6.34. The third-order valence-electron chi connectivity index (χ3n) is 3.63. The van der Waals surface area contributed by atoms with Crippen LogP contribution < -0.4 is 5.73 Å². The van der Waals surface area contributed by atoms with Crippen LogP contribution in [-0.2, 0) is 4.43 Å². The minimum Gasteiger partial charge on any atom is -0.409 e. The van der Waals surface area contributed by atoms with E-state index in [1.807, 2.05) is 19.3 Å². The molecule has 102 valence electrons. The molecule has 0 saturated heterocycles. The molecule has 0 fully saturated rings. The van der Waals surface area contributed by atoms with Crippen LogP contribution in [0.1, 0.15) is 38.3 Å². The van der Waals surface area contributed by atoms with Crippen LogP contribution in [0, 0.1) is 6.92 Å². The maximum absolute atomic E-state index is 6.31. The van der Waals surface area contributed by atoms with Gasteiger partial charge in [0.2, 0.25) is 0 Å². The standard InChI is InChI=1S/C13H25N3OSi/c1-10-15-8-11(9-16-10)12(7-14)17-18(5,6)13(2,3)4/h8-9,12H,7,14H2,1-6H3/t12-/m1/s1. The topological polar surface area (TPSA) is 61.0 Å². The first-order chi connectivity index (χ1) is 8.17. The molecule has 2 N–H and O–H groups in total. The van der Waals surface area contributed by atoms with E-state index in [9.17, 15) is 0 Å². The smallest absolute Gasteiger partial charge is 0.192 e. The van der Waals surface area contributed by atoms with Gasteiger partial charge in [-0.1, -0.05) is 20.8 Å². The lowest BCUT2D eigenvalue weighted by atomic mass is 10.2. The molecule has 1 rings (SSSR count). The lowest BCUT2D eigenvalue weighted by Crippen LogP contribution is -2.43. The summed E-state index contributed by atoms with van der Waals surface area (Å²) in [5, 5.41) is 0.173. The second-order valence-corrected chi connectivity index (χ2v) is 10.9. The Kier molecular flexibility index (Phi) is 4.64. The van der Waals surface area contributed by atoms with Crippen molar-refractivity contribution in [3.8, 4) is 0 Å². The predicted molar refractivity (Wildman–Crippen MR) is 76.8 cm³/mol. The van der Waals surface area contributed by atoms with Gasteiger partial charge in [0.15, 0.2) is 8.32 Å². The highest BCUT2D eigenvalue weighted by atomic mass is 28.4. The highest BCUT2D eigenvalue weighted by molar-refractivity contribution is 6.74. The van der Waals surface area contributed by atoms with E-state index in [1.165, 1.54) is 0 Å². The van der Waals surface area contributed by atoms with Crippen LogP contribution in [-0.4, -0.2) is 24.8 Å². The summed E-state index contributed by atoms with van der Waals surface area (Å²) in [5.41, 5.74) is 6.80. The lowest BCUT2D eigenvalue weighted by Gasteiger charge is -2.39. The van der Waals surface area contributed by atoms with E-state index < -0.39 is 8.32 Å². The number of hydrogen-bond donors (Lipinski definition) is 1. The summed E-state index contributed by atoms with van der Waals surface area (Å²) in [4.78, 5) is 8.42. The second kappa shape index (κ2) is 5.46. The van der Waals surface area contributed by atoms with Crippen molar-refractivity contribution in [1.82, 2.24) is 9.97 Å². The van der Waals surface area contributed by atoms with Crippen LogP contribution in [0.4, 0.5) is 0 Å².